The quantitative estimate of drug-likeness (QED) is 0.777. The first-order chi connectivity index (χ1) is 11.1. The molecule has 0 radical (unpaired) electrons. The third-order valence-electron chi connectivity index (χ3n) is 4.15. The predicted molar refractivity (Wildman–Crippen MR) is 94.8 cm³/mol. The van der Waals surface area contributed by atoms with E-state index in [0.717, 1.165) is 36.0 Å². The van der Waals surface area contributed by atoms with Gasteiger partial charge >= 0.3 is 5.97 Å². The molecule has 1 fully saturated rings. The fourth-order valence-electron chi connectivity index (χ4n) is 2.88. The Hall–Kier alpha value is -1.36. The molecule has 0 atom stereocenters. The molecule has 2 aromatic rings. The summed E-state index contributed by atoms with van der Waals surface area (Å²) in [5.74, 6) is -0.342. The second-order valence-electron chi connectivity index (χ2n) is 5.63. The van der Waals surface area contributed by atoms with E-state index in [-0.39, 0.29) is 5.97 Å². The smallest absolute Gasteiger partial charge is 0.339 e. The van der Waals surface area contributed by atoms with Gasteiger partial charge in [-0.1, -0.05) is 41.9 Å². The van der Waals surface area contributed by atoms with Crippen molar-refractivity contribution in [1.29, 1.82) is 0 Å². The number of hydrogen-bond donors (Lipinski definition) is 1. The van der Waals surface area contributed by atoms with E-state index >= 15 is 0 Å². The number of ether oxygens (including phenoxy) is 1. The van der Waals surface area contributed by atoms with Crippen molar-refractivity contribution in [3.63, 3.8) is 0 Å². The standard InChI is InChI=1S/C18H17BrClNO2/c19-15-7-6-13(12-16(15)20)17(22)23-18(8-10-21-11-9-18)14-4-2-1-3-5-14/h1-7,12,21H,8-11H2. The van der Waals surface area contributed by atoms with Gasteiger partial charge in [0.15, 0.2) is 0 Å². The number of carbonyl (C=O) groups is 1. The van der Waals surface area contributed by atoms with E-state index in [1.165, 1.54) is 0 Å². The summed E-state index contributed by atoms with van der Waals surface area (Å²) in [5.41, 5.74) is 0.925. The highest BCUT2D eigenvalue weighted by Crippen LogP contribution is 2.36. The van der Waals surface area contributed by atoms with Crippen molar-refractivity contribution in [3.05, 3.63) is 69.2 Å². The van der Waals surface area contributed by atoms with E-state index < -0.39 is 5.60 Å². The zero-order valence-corrected chi connectivity index (χ0v) is 14.9. The van der Waals surface area contributed by atoms with Crippen LogP contribution in [0.4, 0.5) is 0 Å². The summed E-state index contributed by atoms with van der Waals surface area (Å²) in [6, 6.07) is 15.1. The summed E-state index contributed by atoms with van der Waals surface area (Å²) in [5, 5.41) is 3.82. The third-order valence-corrected chi connectivity index (χ3v) is 5.39. The van der Waals surface area contributed by atoms with Gasteiger partial charge in [-0.25, -0.2) is 4.79 Å². The number of hydrogen-bond acceptors (Lipinski definition) is 3. The number of carbonyl (C=O) groups excluding carboxylic acids is 1. The van der Waals surface area contributed by atoms with Gasteiger partial charge in [-0.15, -0.1) is 0 Å². The number of esters is 1. The first-order valence-corrected chi connectivity index (χ1v) is 8.72. The Morgan fingerprint density at radius 2 is 1.83 bits per heavy atom. The van der Waals surface area contributed by atoms with E-state index in [0.29, 0.717) is 10.6 Å². The van der Waals surface area contributed by atoms with Crippen LogP contribution in [0.1, 0.15) is 28.8 Å². The normalized spacial score (nSPS) is 16.8. The maximum Gasteiger partial charge on any atom is 0.339 e. The van der Waals surface area contributed by atoms with Crippen molar-refractivity contribution in [2.75, 3.05) is 13.1 Å². The molecule has 0 spiro atoms. The molecule has 120 valence electrons. The van der Waals surface area contributed by atoms with Crippen molar-refractivity contribution in [1.82, 2.24) is 5.32 Å². The SMILES string of the molecule is O=C(OC1(c2ccccc2)CCNCC1)c1ccc(Br)c(Cl)c1. The van der Waals surface area contributed by atoms with Crippen LogP contribution in [-0.2, 0) is 10.3 Å². The van der Waals surface area contributed by atoms with Gasteiger partial charge in [0.05, 0.1) is 10.6 Å². The van der Waals surface area contributed by atoms with Crippen LogP contribution in [0.5, 0.6) is 0 Å². The largest absolute Gasteiger partial charge is 0.450 e. The zero-order chi connectivity index (χ0) is 16.3. The number of nitrogens with one attached hydrogen (secondary N) is 1. The first-order valence-electron chi connectivity index (χ1n) is 7.55. The highest BCUT2D eigenvalue weighted by molar-refractivity contribution is 9.10. The summed E-state index contributed by atoms with van der Waals surface area (Å²) in [6.07, 6.45) is 1.51. The lowest BCUT2D eigenvalue weighted by atomic mass is 9.84. The van der Waals surface area contributed by atoms with Crippen molar-refractivity contribution in [2.24, 2.45) is 0 Å². The molecule has 0 amide bonds. The van der Waals surface area contributed by atoms with Crippen LogP contribution in [0.15, 0.2) is 53.0 Å². The van der Waals surface area contributed by atoms with E-state index in [1.807, 2.05) is 30.3 Å². The second-order valence-corrected chi connectivity index (χ2v) is 6.89. The minimum atomic E-state index is -0.580. The van der Waals surface area contributed by atoms with Gasteiger partial charge in [0.1, 0.15) is 5.60 Å². The number of benzene rings is 2. The minimum absolute atomic E-state index is 0.342. The van der Waals surface area contributed by atoms with Gasteiger partial charge in [-0.3, -0.25) is 0 Å². The molecule has 0 bridgehead atoms. The third kappa shape index (κ3) is 3.60. The molecule has 0 aromatic heterocycles. The van der Waals surface area contributed by atoms with Crippen LogP contribution in [-0.4, -0.2) is 19.1 Å². The van der Waals surface area contributed by atoms with Gasteiger partial charge in [-0.2, -0.15) is 0 Å². The Balaban J connectivity index is 1.89. The topological polar surface area (TPSA) is 38.3 Å². The van der Waals surface area contributed by atoms with Crippen LogP contribution < -0.4 is 5.32 Å². The predicted octanol–water partition coefficient (Wildman–Crippen LogP) is 4.54. The van der Waals surface area contributed by atoms with Crippen LogP contribution in [0, 0.1) is 0 Å². The molecule has 0 unspecified atom stereocenters. The molecular weight excluding hydrogens is 378 g/mol. The molecule has 1 saturated heterocycles. The molecule has 23 heavy (non-hydrogen) atoms. The van der Waals surface area contributed by atoms with Gasteiger partial charge in [0.25, 0.3) is 0 Å². The Bertz CT molecular complexity index is 699. The monoisotopic (exact) mass is 393 g/mol. The van der Waals surface area contributed by atoms with Gasteiger partial charge < -0.3 is 10.1 Å². The molecule has 1 aliphatic heterocycles. The second kappa shape index (κ2) is 7.04. The Kier molecular flexibility index (Phi) is 5.05. The molecular formula is C18H17BrClNO2. The van der Waals surface area contributed by atoms with Crippen molar-refractivity contribution >= 4 is 33.5 Å². The summed E-state index contributed by atoms with van der Waals surface area (Å²) < 4.78 is 6.75. The van der Waals surface area contributed by atoms with E-state index in [9.17, 15) is 4.79 Å². The fourth-order valence-corrected chi connectivity index (χ4v) is 3.31. The molecule has 1 aliphatic rings. The Morgan fingerprint density at radius 1 is 1.13 bits per heavy atom. The lowest BCUT2D eigenvalue weighted by Gasteiger charge is -2.37. The lowest BCUT2D eigenvalue weighted by Crippen LogP contribution is -2.43. The Labute approximate surface area is 149 Å². The number of piperidine rings is 1. The van der Waals surface area contributed by atoms with Crippen LogP contribution in [0.3, 0.4) is 0 Å². The fraction of sp³-hybridized carbons (Fsp3) is 0.278. The molecule has 0 saturated carbocycles. The van der Waals surface area contributed by atoms with Crippen molar-refractivity contribution < 1.29 is 9.53 Å². The van der Waals surface area contributed by atoms with Crippen molar-refractivity contribution in [3.8, 4) is 0 Å². The molecule has 5 heteroatoms. The van der Waals surface area contributed by atoms with Gasteiger partial charge in [0, 0.05) is 17.3 Å². The number of halogens is 2. The maximum absolute atomic E-state index is 12.6. The molecule has 3 nitrogen and oxygen atoms in total. The highest BCUT2D eigenvalue weighted by Gasteiger charge is 2.38. The zero-order valence-electron chi connectivity index (χ0n) is 12.5. The first kappa shape index (κ1) is 16.5. The maximum atomic E-state index is 12.6. The highest BCUT2D eigenvalue weighted by atomic mass is 79.9. The summed E-state index contributed by atoms with van der Waals surface area (Å²) >= 11 is 9.42. The van der Waals surface area contributed by atoms with Crippen LogP contribution >= 0.6 is 27.5 Å². The summed E-state index contributed by atoms with van der Waals surface area (Å²) in [6.45, 7) is 1.65. The molecule has 1 N–H and O–H groups in total. The summed E-state index contributed by atoms with van der Waals surface area (Å²) in [4.78, 5) is 12.6. The molecule has 0 aliphatic carbocycles. The molecule has 1 heterocycles. The Morgan fingerprint density at radius 3 is 2.48 bits per heavy atom. The number of rotatable bonds is 3. The lowest BCUT2D eigenvalue weighted by molar-refractivity contribution is -0.0378. The summed E-state index contributed by atoms with van der Waals surface area (Å²) in [7, 11) is 0. The van der Waals surface area contributed by atoms with E-state index in [1.54, 1.807) is 18.2 Å². The average molecular weight is 395 g/mol. The van der Waals surface area contributed by atoms with Crippen LogP contribution in [0.25, 0.3) is 0 Å². The minimum Gasteiger partial charge on any atom is -0.450 e. The average Bonchev–Trinajstić information content (AvgIpc) is 2.59. The van der Waals surface area contributed by atoms with Gasteiger partial charge in [0.2, 0.25) is 0 Å². The van der Waals surface area contributed by atoms with E-state index in [2.05, 4.69) is 21.2 Å². The molecule has 2 aromatic carbocycles. The van der Waals surface area contributed by atoms with E-state index in [4.69, 9.17) is 16.3 Å². The van der Waals surface area contributed by atoms with Crippen molar-refractivity contribution in [2.45, 2.75) is 18.4 Å². The van der Waals surface area contributed by atoms with Gasteiger partial charge in [-0.05, 0) is 52.8 Å². The van der Waals surface area contributed by atoms with Crippen LogP contribution in [0.2, 0.25) is 5.02 Å². The molecule has 3 rings (SSSR count).